The number of rotatable bonds is 4. The van der Waals surface area contributed by atoms with E-state index in [0.717, 1.165) is 15.7 Å². The summed E-state index contributed by atoms with van der Waals surface area (Å²) in [7, 11) is 0. The molecule has 0 aliphatic rings. The van der Waals surface area contributed by atoms with E-state index in [1.165, 1.54) is 0 Å². The van der Waals surface area contributed by atoms with Crippen LogP contribution in [0, 0.1) is 0 Å². The third-order valence-corrected chi connectivity index (χ3v) is 2.86. The first-order valence-electron chi connectivity index (χ1n) is 5.32. The molecule has 1 heterocycles. The number of nitrogens with zero attached hydrogens (tertiary/aromatic N) is 1. The van der Waals surface area contributed by atoms with Crippen LogP contribution >= 0.6 is 15.9 Å². The quantitative estimate of drug-likeness (QED) is 0.911. The summed E-state index contributed by atoms with van der Waals surface area (Å²) in [5.74, 6) is 0. The molecule has 0 bridgehead atoms. The highest BCUT2D eigenvalue weighted by Gasteiger charge is 2.09. The van der Waals surface area contributed by atoms with E-state index in [-0.39, 0.29) is 12.6 Å². The summed E-state index contributed by atoms with van der Waals surface area (Å²) in [4.78, 5) is 4.07. The first-order valence-corrected chi connectivity index (χ1v) is 6.12. The predicted molar refractivity (Wildman–Crippen MR) is 71.8 cm³/mol. The number of benzene rings is 1. The van der Waals surface area contributed by atoms with Gasteiger partial charge in [-0.25, -0.2) is 0 Å². The fourth-order valence-corrected chi connectivity index (χ4v) is 1.98. The molecule has 0 amide bonds. The van der Waals surface area contributed by atoms with Gasteiger partial charge in [-0.2, -0.15) is 0 Å². The van der Waals surface area contributed by atoms with Crippen molar-refractivity contribution in [2.45, 2.75) is 6.04 Å². The number of nitrogens with one attached hydrogen (secondary N) is 1. The highest BCUT2D eigenvalue weighted by molar-refractivity contribution is 9.10. The first-order chi connectivity index (χ1) is 8.29. The molecule has 0 aliphatic heterocycles. The largest absolute Gasteiger partial charge is 0.394 e. The van der Waals surface area contributed by atoms with E-state index in [0.29, 0.717) is 0 Å². The molecule has 0 aliphatic carbocycles. The van der Waals surface area contributed by atoms with E-state index in [9.17, 15) is 5.11 Å². The average molecular weight is 293 g/mol. The molecular formula is C13H13BrN2O. The van der Waals surface area contributed by atoms with Crippen LogP contribution in [0.25, 0.3) is 0 Å². The summed E-state index contributed by atoms with van der Waals surface area (Å²) < 4.78 is 0.909. The number of aliphatic hydroxyl groups excluding tert-OH is 1. The van der Waals surface area contributed by atoms with E-state index in [1.54, 1.807) is 12.4 Å². The third-order valence-electron chi connectivity index (χ3n) is 2.43. The minimum Gasteiger partial charge on any atom is -0.394 e. The fourth-order valence-electron chi connectivity index (χ4n) is 1.61. The fraction of sp³-hybridized carbons (Fsp3) is 0.154. The molecule has 3 nitrogen and oxygen atoms in total. The van der Waals surface area contributed by atoms with Crippen molar-refractivity contribution >= 4 is 21.6 Å². The maximum atomic E-state index is 9.42. The number of hydrogen-bond donors (Lipinski definition) is 2. The van der Waals surface area contributed by atoms with Gasteiger partial charge in [0.1, 0.15) is 0 Å². The molecule has 0 radical (unpaired) electrons. The Balaban J connectivity index is 2.16. The Hall–Kier alpha value is -1.39. The third kappa shape index (κ3) is 3.28. The summed E-state index contributed by atoms with van der Waals surface area (Å²) in [6.45, 7) is 0.0382. The molecule has 4 heteroatoms. The smallest absolute Gasteiger partial charge is 0.0745 e. The van der Waals surface area contributed by atoms with Gasteiger partial charge in [0.2, 0.25) is 0 Å². The van der Waals surface area contributed by atoms with Gasteiger partial charge in [0, 0.05) is 10.7 Å². The molecule has 2 aromatic rings. The van der Waals surface area contributed by atoms with Gasteiger partial charge in [0.25, 0.3) is 0 Å². The van der Waals surface area contributed by atoms with Crippen LogP contribution < -0.4 is 5.32 Å². The molecule has 0 saturated carbocycles. The Kier molecular flexibility index (Phi) is 4.12. The van der Waals surface area contributed by atoms with E-state index in [4.69, 9.17) is 0 Å². The van der Waals surface area contributed by atoms with Crippen molar-refractivity contribution in [2.75, 3.05) is 11.9 Å². The second kappa shape index (κ2) is 5.80. The van der Waals surface area contributed by atoms with Crippen molar-refractivity contribution < 1.29 is 5.11 Å². The van der Waals surface area contributed by atoms with Gasteiger partial charge in [-0.05, 0) is 27.6 Å². The molecule has 0 saturated heterocycles. The number of hydrogen-bond acceptors (Lipinski definition) is 3. The van der Waals surface area contributed by atoms with Gasteiger partial charge in [-0.1, -0.05) is 30.3 Å². The summed E-state index contributed by atoms with van der Waals surface area (Å²) in [6, 6.07) is 11.7. The number of halogens is 1. The van der Waals surface area contributed by atoms with E-state index in [1.807, 2.05) is 36.4 Å². The van der Waals surface area contributed by atoms with Gasteiger partial charge >= 0.3 is 0 Å². The van der Waals surface area contributed by atoms with Gasteiger partial charge < -0.3 is 10.4 Å². The predicted octanol–water partition coefficient (Wildman–Crippen LogP) is 2.99. The zero-order chi connectivity index (χ0) is 12.1. The van der Waals surface area contributed by atoms with Crippen molar-refractivity contribution in [2.24, 2.45) is 0 Å². The van der Waals surface area contributed by atoms with Crippen LogP contribution in [0.4, 0.5) is 5.69 Å². The van der Waals surface area contributed by atoms with Gasteiger partial charge in [-0.15, -0.1) is 0 Å². The van der Waals surface area contributed by atoms with Gasteiger partial charge in [0.05, 0.1) is 24.5 Å². The maximum absolute atomic E-state index is 9.42. The van der Waals surface area contributed by atoms with Crippen LogP contribution in [-0.4, -0.2) is 16.7 Å². The highest BCUT2D eigenvalue weighted by atomic mass is 79.9. The van der Waals surface area contributed by atoms with Crippen molar-refractivity contribution in [3.8, 4) is 0 Å². The Morgan fingerprint density at radius 3 is 2.65 bits per heavy atom. The average Bonchev–Trinajstić information content (AvgIpc) is 2.37. The normalized spacial score (nSPS) is 12.1. The Morgan fingerprint density at radius 2 is 2.00 bits per heavy atom. The minimum absolute atomic E-state index is 0.0382. The topological polar surface area (TPSA) is 45.1 Å². The lowest BCUT2D eigenvalue weighted by Crippen LogP contribution is -2.14. The zero-order valence-corrected chi connectivity index (χ0v) is 10.8. The van der Waals surface area contributed by atoms with Crippen LogP contribution in [0.2, 0.25) is 0 Å². The number of anilines is 1. The monoisotopic (exact) mass is 292 g/mol. The Morgan fingerprint density at radius 1 is 1.24 bits per heavy atom. The van der Waals surface area contributed by atoms with Crippen LogP contribution in [0.5, 0.6) is 0 Å². The number of aliphatic hydroxyl groups is 1. The van der Waals surface area contributed by atoms with Crippen LogP contribution in [0.1, 0.15) is 11.6 Å². The molecule has 88 valence electrons. The van der Waals surface area contributed by atoms with Crippen molar-refractivity contribution in [3.63, 3.8) is 0 Å². The van der Waals surface area contributed by atoms with E-state index >= 15 is 0 Å². The molecule has 0 fully saturated rings. The molecule has 17 heavy (non-hydrogen) atoms. The molecule has 1 aromatic carbocycles. The second-order valence-corrected chi connectivity index (χ2v) is 4.60. The summed E-state index contributed by atoms with van der Waals surface area (Å²) in [5.41, 5.74) is 1.93. The minimum atomic E-state index is -0.118. The van der Waals surface area contributed by atoms with Crippen LogP contribution in [0.15, 0.2) is 53.3 Å². The van der Waals surface area contributed by atoms with Crippen molar-refractivity contribution in [3.05, 3.63) is 58.8 Å². The molecule has 1 unspecified atom stereocenters. The lowest BCUT2D eigenvalue weighted by molar-refractivity contribution is 0.276. The first kappa shape index (κ1) is 12.1. The van der Waals surface area contributed by atoms with Crippen molar-refractivity contribution in [1.29, 1.82) is 0 Å². The summed E-state index contributed by atoms with van der Waals surface area (Å²) in [5, 5.41) is 12.7. The van der Waals surface area contributed by atoms with Gasteiger partial charge in [-0.3, -0.25) is 4.98 Å². The Bertz CT molecular complexity index is 476. The number of aromatic nitrogens is 1. The summed E-state index contributed by atoms with van der Waals surface area (Å²) in [6.07, 6.45) is 3.46. The SMILES string of the molecule is OCC(Nc1cncc(Br)c1)c1ccccc1. The van der Waals surface area contributed by atoms with Crippen molar-refractivity contribution in [1.82, 2.24) is 4.98 Å². The van der Waals surface area contributed by atoms with Crippen LogP contribution in [-0.2, 0) is 0 Å². The molecule has 2 rings (SSSR count). The molecule has 1 atom stereocenters. The zero-order valence-electron chi connectivity index (χ0n) is 9.18. The molecular weight excluding hydrogens is 280 g/mol. The lowest BCUT2D eigenvalue weighted by Gasteiger charge is -2.17. The lowest BCUT2D eigenvalue weighted by atomic mass is 10.1. The maximum Gasteiger partial charge on any atom is 0.0745 e. The second-order valence-electron chi connectivity index (χ2n) is 3.68. The van der Waals surface area contributed by atoms with Crippen LogP contribution in [0.3, 0.4) is 0 Å². The van der Waals surface area contributed by atoms with Gasteiger partial charge in [0.15, 0.2) is 0 Å². The van der Waals surface area contributed by atoms with E-state index < -0.39 is 0 Å². The standard InChI is InChI=1S/C13H13BrN2O/c14-11-6-12(8-15-7-11)16-13(9-17)10-4-2-1-3-5-10/h1-8,13,16-17H,9H2. The molecule has 0 spiro atoms. The van der Waals surface area contributed by atoms with E-state index in [2.05, 4.69) is 26.2 Å². The summed E-state index contributed by atoms with van der Waals surface area (Å²) >= 11 is 3.37. The molecule has 1 aromatic heterocycles. The Labute approximate surface area is 109 Å². The number of pyridine rings is 1. The molecule has 2 N–H and O–H groups in total. The highest BCUT2D eigenvalue weighted by Crippen LogP contribution is 2.20.